The van der Waals surface area contributed by atoms with Gasteiger partial charge in [0.15, 0.2) is 0 Å². The largest absolute Gasteiger partial charge is 0.309 e. The summed E-state index contributed by atoms with van der Waals surface area (Å²) in [4.78, 5) is 4.71. The molecule has 1 aromatic heterocycles. The molecule has 2 heterocycles. The van der Waals surface area contributed by atoms with Gasteiger partial charge >= 0.3 is 0 Å². The van der Waals surface area contributed by atoms with Crippen molar-refractivity contribution in [3.63, 3.8) is 0 Å². The Balaban J connectivity index is 1.74. The number of rotatable bonds is 4. The van der Waals surface area contributed by atoms with Crippen LogP contribution < -0.4 is 5.32 Å². The number of thiazole rings is 1. The topological polar surface area (TPSA) is 24.9 Å². The number of hydrogen-bond acceptors (Lipinski definition) is 5. The van der Waals surface area contributed by atoms with Gasteiger partial charge in [-0.05, 0) is 0 Å². The van der Waals surface area contributed by atoms with E-state index in [0.29, 0.717) is 0 Å². The van der Waals surface area contributed by atoms with Gasteiger partial charge in [0, 0.05) is 46.4 Å². The maximum absolute atomic E-state index is 4.71. The highest BCUT2D eigenvalue weighted by Crippen LogP contribution is 2.25. The highest BCUT2D eigenvalue weighted by Gasteiger charge is 2.18. The molecule has 0 radical (unpaired) electrons. The summed E-state index contributed by atoms with van der Waals surface area (Å²) in [5, 5.41) is 7.75. The number of nitrogens with zero attached hydrogens (tertiary/aromatic N) is 1. The Bertz CT molecular complexity index is 365. The van der Waals surface area contributed by atoms with Crippen LogP contribution in [0, 0.1) is 0 Å². The van der Waals surface area contributed by atoms with Crippen LogP contribution in [0.1, 0.15) is 31.5 Å². The maximum Gasteiger partial charge on any atom is 0.107 e. The van der Waals surface area contributed by atoms with Crippen molar-refractivity contribution in [2.24, 2.45) is 0 Å². The second kappa shape index (κ2) is 6.64. The lowest BCUT2D eigenvalue weighted by molar-refractivity contribution is 0.568. The lowest BCUT2D eigenvalue weighted by Crippen LogP contribution is -2.28. The molecule has 0 spiro atoms. The number of hydrogen-bond donors (Lipinski definition) is 1. The van der Waals surface area contributed by atoms with Gasteiger partial charge in [-0.2, -0.15) is 23.5 Å². The quantitative estimate of drug-likeness (QED) is 0.922. The van der Waals surface area contributed by atoms with E-state index in [0.717, 1.165) is 18.3 Å². The second-order valence-corrected chi connectivity index (χ2v) is 9.08. The summed E-state index contributed by atoms with van der Waals surface area (Å²) < 4.78 is 0. The zero-order chi connectivity index (χ0) is 13.0. The smallest absolute Gasteiger partial charge is 0.107 e. The fourth-order valence-electron chi connectivity index (χ4n) is 1.73. The van der Waals surface area contributed by atoms with Crippen LogP contribution in [0.4, 0.5) is 0 Å². The van der Waals surface area contributed by atoms with Gasteiger partial charge in [-0.1, -0.05) is 20.8 Å². The highest BCUT2D eigenvalue weighted by atomic mass is 32.2. The van der Waals surface area contributed by atoms with Gasteiger partial charge in [-0.3, -0.25) is 0 Å². The van der Waals surface area contributed by atoms with Gasteiger partial charge < -0.3 is 5.32 Å². The minimum absolute atomic E-state index is 0.171. The zero-order valence-electron chi connectivity index (χ0n) is 11.4. The third-order valence-corrected chi connectivity index (χ3v) is 6.55. The summed E-state index contributed by atoms with van der Waals surface area (Å²) in [6.07, 6.45) is 0. The standard InChI is InChI=1S/C13H22N2S3/c1-13(2,3)11-9-18-12(15-11)7-14-6-10-8-16-4-5-17-10/h9-10,14H,4-8H2,1-3H3. The van der Waals surface area contributed by atoms with Gasteiger partial charge in [-0.25, -0.2) is 4.98 Å². The first kappa shape index (κ1) is 14.7. The van der Waals surface area contributed by atoms with Crippen molar-refractivity contribution < 1.29 is 0 Å². The SMILES string of the molecule is CC(C)(C)c1csc(CNCC2CSCCS2)n1. The molecule has 0 aliphatic carbocycles. The van der Waals surface area contributed by atoms with Crippen molar-refractivity contribution in [2.45, 2.75) is 38.0 Å². The van der Waals surface area contributed by atoms with Gasteiger partial charge in [-0.15, -0.1) is 11.3 Å². The molecule has 1 saturated heterocycles. The third kappa shape index (κ3) is 4.44. The predicted octanol–water partition coefficient (Wildman–Crippen LogP) is 3.38. The van der Waals surface area contributed by atoms with Crippen molar-refractivity contribution in [3.8, 4) is 0 Å². The van der Waals surface area contributed by atoms with E-state index in [4.69, 9.17) is 4.98 Å². The molecule has 0 bridgehead atoms. The van der Waals surface area contributed by atoms with Crippen molar-refractivity contribution in [3.05, 3.63) is 16.1 Å². The lowest BCUT2D eigenvalue weighted by atomic mass is 9.93. The third-order valence-electron chi connectivity index (χ3n) is 2.85. The molecule has 1 unspecified atom stereocenters. The van der Waals surface area contributed by atoms with E-state index in [9.17, 15) is 0 Å². The van der Waals surface area contributed by atoms with E-state index < -0.39 is 0 Å². The number of nitrogens with one attached hydrogen (secondary N) is 1. The van der Waals surface area contributed by atoms with E-state index in [-0.39, 0.29) is 5.41 Å². The number of aromatic nitrogens is 1. The van der Waals surface area contributed by atoms with Gasteiger partial charge in [0.05, 0.1) is 5.69 Å². The first-order chi connectivity index (χ1) is 8.55. The van der Waals surface area contributed by atoms with E-state index >= 15 is 0 Å². The van der Waals surface area contributed by atoms with Crippen molar-refractivity contribution in [2.75, 3.05) is 23.8 Å². The molecule has 1 N–H and O–H groups in total. The molecule has 0 saturated carbocycles. The zero-order valence-corrected chi connectivity index (χ0v) is 13.8. The summed E-state index contributed by atoms with van der Waals surface area (Å²) in [5.41, 5.74) is 1.39. The molecule has 2 nitrogen and oxygen atoms in total. The molecule has 1 fully saturated rings. The minimum atomic E-state index is 0.171. The Morgan fingerprint density at radius 1 is 1.39 bits per heavy atom. The predicted molar refractivity (Wildman–Crippen MR) is 86.1 cm³/mol. The van der Waals surface area contributed by atoms with Crippen LogP contribution >= 0.6 is 34.9 Å². The monoisotopic (exact) mass is 302 g/mol. The maximum atomic E-state index is 4.71. The minimum Gasteiger partial charge on any atom is -0.309 e. The van der Waals surface area contributed by atoms with Crippen LogP contribution in [-0.4, -0.2) is 34.0 Å². The summed E-state index contributed by atoms with van der Waals surface area (Å²) >= 11 is 5.97. The molecule has 0 aromatic carbocycles. The van der Waals surface area contributed by atoms with E-state index in [2.05, 4.69) is 55.0 Å². The fourth-order valence-corrected chi connectivity index (χ4v) is 5.37. The fraction of sp³-hybridized carbons (Fsp3) is 0.769. The summed E-state index contributed by atoms with van der Waals surface area (Å²) in [7, 11) is 0. The van der Waals surface area contributed by atoms with Crippen LogP contribution in [-0.2, 0) is 12.0 Å². The average molecular weight is 303 g/mol. The highest BCUT2D eigenvalue weighted by molar-refractivity contribution is 8.06. The molecule has 2 rings (SSSR count). The van der Waals surface area contributed by atoms with Crippen LogP contribution in [0.25, 0.3) is 0 Å². The van der Waals surface area contributed by atoms with E-state index in [1.54, 1.807) is 11.3 Å². The summed E-state index contributed by atoms with van der Waals surface area (Å²) in [6.45, 7) is 8.68. The van der Waals surface area contributed by atoms with Gasteiger partial charge in [0.2, 0.25) is 0 Å². The Morgan fingerprint density at radius 2 is 2.22 bits per heavy atom. The molecular formula is C13H22N2S3. The van der Waals surface area contributed by atoms with Gasteiger partial charge in [0.1, 0.15) is 5.01 Å². The summed E-state index contributed by atoms with van der Waals surface area (Å²) in [5.74, 6) is 3.92. The number of thioether (sulfide) groups is 2. The normalized spacial score (nSPS) is 21.2. The van der Waals surface area contributed by atoms with Gasteiger partial charge in [0.25, 0.3) is 0 Å². The van der Waals surface area contributed by atoms with E-state index in [1.165, 1.54) is 28.0 Å². The first-order valence-corrected chi connectivity index (χ1v) is 9.49. The molecular weight excluding hydrogens is 280 g/mol. The second-order valence-electron chi connectivity index (χ2n) is 5.58. The Hall–Kier alpha value is 0.290. The molecule has 0 amide bonds. The summed E-state index contributed by atoms with van der Waals surface area (Å²) in [6, 6.07) is 0. The molecule has 102 valence electrons. The molecule has 1 aliphatic rings. The first-order valence-electron chi connectivity index (χ1n) is 6.40. The van der Waals surface area contributed by atoms with E-state index in [1.807, 2.05) is 0 Å². The van der Waals surface area contributed by atoms with Crippen LogP contribution in [0.2, 0.25) is 0 Å². The Kier molecular flexibility index (Phi) is 5.42. The van der Waals surface area contributed by atoms with Crippen molar-refractivity contribution in [1.29, 1.82) is 0 Å². The molecule has 1 atom stereocenters. The molecule has 1 aromatic rings. The Morgan fingerprint density at radius 3 is 2.83 bits per heavy atom. The van der Waals surface area contributed by atoms with Crippen LogP contribution in [0.3, 0.4) is 0 Å². The molecule has 1 aliphatic heterocycles. The molecule has 18 heavy (non-hydrogen) atoms. The average Bonchev–Trinajstić information content (AvgIpc) is 2.79. The Labute approximate surface area is 123 Å². The van der Waals surface area contributed by atoms with Crippen molar-refractivity contribution in [1.82, 2.24) is 10.3 Å². The molecule has 5 heteroatoms. The lowest BCUT2D eigenvalue weighted by Gasteiger charge is -2.20. The van der Waals surface area contributed by atoms with Crippen LogP contribution in [0.5, 0.6) is 0 Å². The van der Waals surface area contributed by atoms with Crippen LogP contribution in [0.15, 0.2) is 5.38 Å². The van der Waals surface area contributed by atoms with Crippen molar-refractivity contribution >= 4 is 34.9 Å².